The van der Waals surface area contributed by atoms with Crippen molar-refractivity contribution in [3.05, 3.63) is 82.2 Å². The zero-order valence-corrected chi connectivity index (χ0v) is 46.0. The second-order valence-corrected chi connectivity index (χ2v) is 24.5. The fourth-order valence-corrected chi connectivity index (χ4v) is 13.0. The van der Waals surface area contributed by atoms with Crippen molar-refractivity contribution in [1.82, 2.24) is 44.9 Å². The normalized spacial score (nSPS) is 19.1. The second kappa shape index (κ2) is 22.6. The van der Waals surface area contributed by atoms with Crippen LogP contribution >= 0.6 is 23.1 Å². The summed E-state index contributed by atoms with van der Waals surface area (Å²) in [5, 5.41) is 9.63. The van der Waals surface area contributed by atoms with Crippen LogP contribution in [0.25, 0.3) is 11.0 Å². The molecule has 76 heavy (non-hydrogen) atoms. The molecule has 5 aliphatic heterocycles. The van der Waals surface area contributed by atoms with Crippen molar-refractivity contribution < 1.29 is 33.3 Å². The number of nitrogens with one attached hydrogen (secondary N) is 3. The number of rotatable bonds is 16. The molecule has 3 N–H and O–H groups in total. The number of anilines is 6. The third kappa shape index (κ3) is 11.2. The van der Waals surface area contributed by atoms with Crippen LogP contribution in [0.3, 0.4) is 0 Å². The molecule has 10 rings (SSSR count). The molecular formula is C54H65BrN13O7P. The molecule has 4 fully saturated rings. The van der Waals surface area contributed by atoms with Crippen LogP contribution in [0, 0.1) is 0 Å². The van der Waals surface area contributed by atoms with E-state index < -0.39 is 36.8 Å². The van der Waals surface area contributed by atoms with Gasteiger partial charge in [0.15, 0.2) is 0 Å². The van der Waals surface area contributed by atoms with E-state index in [0.29, 0.717) is 62.0 Å². The molecule has 0 aliphatic carbocycles. The Morgan fingerprint density at radius 2 is 1.57 bits per heavy atom. The van der Waals surface area contributed by atoms with E-state index in [1.54, 1.807) is 51.2 Å². The van der Waals surface area contributed by atoms with Crippen molar-refractivity contribution in [2.24, 2.45) is 0 Å². The van der Waals surface area contributed by atoms with Crippen LogP contribution in [0.1, 0.15) is 78.1 Å². The second-order valence-electron chi connectivity index (χ2n) is 20.5. The number of carbonyl (C=O) groups excluding carboxylic acids is 5. The average Bonchev–Trinajstić information content (AvgIpc) is 3.68. The third-order valence-corrected chi connectivity index (χ3v) is 17.6. The molecule has 7 heterocycles. The minimum absolute atomic E-state index is 0.0832. The van der Waals surface area contributed by atoms with Crippen LogP contribution in [0.5, 0.6) is 5.75 Å². The molecule has 4 saturated heterocycles. The Morgan fingerprint density at radius 1 is 0.816 bits per heavy atom. The lowest BCUT2D eigenvalue weighted by Crippen LogP contribution is -2.54. The van der Waals surface area contributed by atoms with Gasteiger partial charge in [-0.25, -0.2) is 4.98 Å². The fourth-order valence-electron chi connectivity index (χ4n) is 11.4. The lowest BCUT2D eigenvalue weighted by atomic mass is 9.99. The smallest absolute Gasteiger partial charge is 0.262 e. The highest BCUT2D eigenvalue weighted by Crippen LogP contribution is 2.42. The summed E-state index contributed by atoms with van der Waals surface area (Å²) in [4.78, 5) is 95.0. The number of piperidine rings is 2. The molecule has 0 saturated carbocycles. The van der Waals surface area contributed by atoms with E-state index in [4.69, 9.17) is 9.72 Å². The van der Waals surface area contributed by atoms with E-state index in [1.807, 2.05) is 23.1 Å². The SMILES string of the molecule is CCc1cc(Nc2ncc(Br)c(Nc3ccc4nccnc4c3P(C)(C)=O)n2)c(OC)cc1N1CCC(N2CCN(C(=O)CCCCN3CCN(c4ccc5c(c4)C(=O)N(C4CCC(=O)NC4=O)C5=O)CC3)CC2)CC1. The number of hydrogen-bond acceptors (Lipinski definition) is 17. The van der Waals surface area contributed by atoms with Gasteiger partial charge in [-0.2, -0.15) is 4.98 Å². The number of ether oxygens (including phenoxy) is 1. The van der Waals surface area contributed by atoms with Crippen LogP contribution in [0.4, 0.5) is 34.5 Å². The number of imide groups is 2. The molecule has 5 aromatic rings. The van der Waals surface area contributed by atoms with Crippen molar-refractivity contribution in [2.75, 3.05) is 113 Å². The van der Waals surface area contributed by atoms with Crippen LogP contribution < -0.4 is 35.8 Å². The molecule has 5 aliphatic rings. The standard InChI is InChI=1S/C54H65BrN13O7P/c1-5-34-30-42(60-54-58-33-39(55)50(62-54)59-41-12-11-40-48(57-18-17-56-40)49(41)76(3,4)74)45(75-2)32-44(34)66-20-15-35(16-21-66)64-26-28-67(29-27-64)47(70)8-6-7-19-63-22-24-65(25-23-63)36-9-10-37-38(31-36)53(73)68(52(37)72)43-13-14-46(69)61-51(43)71/h9-12,17-18,30-33,35,43H,5-8,13-16,19-29H2,1-4H3,(H,61,69,71)(H2,58,59,60,62). The highest BCUT2D eigenvalue weighted by molar-refractivity contribution is 9.10. The van der Waals surface area contributed by atoms with E-state index >= 15 is 0 Å². The first kappa shape index (κ1) is 52.9. The molecule has 22 heteroatoms. The molecule has 3 aromatic carbocycles. The first-order valence-electron chi connectivity index (χ1n) is 26.3. The molecule has 1 unspecified atom stereocenters. The van der Waals surface area contributed by atoms with Gasteiger partial charge in [-0.1, -0.05) is 6.92 Å². The summed E-state index contributed by atoms with van der Waals surface area (Å²) in [7, 11) is -1.12. The Balaban J connectivity index is 0.658. The van der Waals surface area contributed by atoms with Gasteiger partial charge in [0, 0.05) is 120 Å². The zero-order valence-electron chi connectivity index (χ0n) is 43.5. The van der Waals surface area contributed by atoms with Crippen LogP contribution in [-0.2, 0) is 25.4 Å². The molecule has 0 spiro atoms. The van der Waals surface area contributed by atoms with Crippen LogP contribution in [-0.4, -0.2) is 174 Å². The Kier molecular flexibility index (Phi) is 15.7. The number of aromatic nitrogens is 4. The van der Waals surface area contributed by atoms with Crippen molar-refractivity contribution in [1.29, 1.82) is 0 Å². The number of carbonyl (C=O) groups is 5. The molecule has 5 amide bonds. The maximum Gasteiger partial charge on any atom is 0.262 e. The topological polar surface area (TPSA) is 219 Å². The zero-order chi connectivity index (χ0) is 53.3. The summed E-state index contributed by atoms with van der Waals surface area (Å²) in [5.74, 6) is -0.233. The summed E-state index contributed by atoms with van der Waals surface area (Å²) >= 11 is 3.60. The van der Waals surface area contributed by atoms with Crippen molar-refractivity contribution in [2.45, 2.75) is 70.4 Å². The lowest BCUT2D eigenvalue weighted by Gasteiger charge is -2.43. The van der Waals surface area contributed by atoms with Gasteiger partial charge in [0.1, 0.15) is 30.3 Å². The summed E-state index contributed by atoms with van der Waals surface area (Å²) in [6, 6.07) is 12.7. The van der Waals surface area contributed by atoms with Crippen LogP contribution in [0.2, 0.25) is 0 Å². The quantitative estimate of drug-likeness (QED) is 0.0587. The van der Waals surface area contributed by atoms with E-state index in [1.165, 1.54) is 5.56 Å². The van der Waals surface area contributed by atoms with Crippen molar-refractivity contribution in [3.63, 3.8) is 0 Å². The third-order valence-electron chi connectivity index (χ3n) is 15.4. The van der Waals surface area contributed by atoms with Crippen molar-refractivity contribution in [3.8, 4) is 5.75 Å². The summed E-state index contributed by atoms with van der Waals surface area (Å²) in [5.41, 5.74) is 6.42. The Labute approximate surface area is 450 Å². The highest BCUT2D eigenvalue weighted by Gasteiger charge is 2.45. The number of halogens is 1. The van der Waals surface area contributed by atoms with Gasteiger partial charge in [-0.05, 0) is 116 Å². The molecular weight excluding hydrogens is 1050 g/mol. The largest absolute Gasteiger partial charge is 0.494 e. The summed E-state index contributed by atoms with van der Waals surface area (Å²) in [6.07, 6.45) is 10.3. The number of amides is 5. The van der Waals surface area contributed by atoms with E-state index in [2.05, 4.69) is 85.5 Å². The molecule has 0 radical (unpaired) electrons. The molecule has 1 atom stereocenters. The molecule has 20 nitrogen and oxygen atoms in total. The number of benzene rings is 3. The van der Waals surface area contributed by atoms with Gasteiger partial charge in [-0.15, -0.1) is 0 Å². The molecule has 400 valence electrons. The molecule has 0 bridgehead atoms. The maximum atomic E-state index is 13.6. The minimum atomic E-state index is -2.79. The Bertz CT molecular complexity index is 3110. The van der Waals surface area contributed by atoms with Gasteiger partial charge in [0.05, 0.1) is 44.9 Å². The van der Waals surface area contributed by atoms with E-state index in [9.17, 15) is 28.5 Å². The first-order valence-corrected chi connectivity index (χ1v) is 29.7. The Hall–Kier alpha value is -6.54. The average molecular weight is 1120 g/mol. The number of methoxy groups -OCH3 is 1. The summed E-state index contributed by atoms with van der Waals surface area (Å²) < 4.78 is 20.2. The lowest BCUT2D eigenvalue weighted by molar-refractivity contribution is -0.136. The number of hydrogen-bond donors (Lipinski definition) is 3. The van der Waals surface area contributed by atoms with E-state index in [-0.39, 0.29) is 24.3 Å². The first-order chi connectivity index (χ1) is 36.7. The Morgan fingerprint density at radius 3 is 2.29 bits per heavy atom. The van der Waals surface area contributed by atoms with E-state index in [0.717, 1.165) is 126 Å². The highest BCUT2D eigenvalue weighted by atomic mass is 79.9. The van der Waals surface area contributed by atoms with Gasteiger partial charge in [0.25, 0.3) is 11.8 Å². The number of piperazine rings is 2. The van der Waals surface area contributed by atoms with Crippen LogP contribution in [0.15, 0.2) is 65.5 Å². The van der Waals surface area contributed by atoms with Crippen molar-refractivity contribution >= 4 is 103 Å². The number of aryl methyl sites for hydroxylation is 1. The fraction of sp³-hybridized carbons (Fsp3) is 0.463. The van der Waals surface area contributed by atoms with Gasteiger partial charge in [-0.3, -0.25) is 54.0 Å². The maximum absolute atomic E-state index is 13.6. The predicted molar refractivity (Wildman–Crippen MR) is 296 cm³/mol. The number of unbranched alkanes of at least 4 members (excludes halogenated alkanes) is 1. The predicted octanol–water partition coefficient (Wildman–Crippen LogP) is 6.00. The van der Waals surface area contributed by atoms with Gasteiger partial charge in [0.2, 0.25) is 23.7 Å². The minimum Gasteiger partial charge on any atom is -0.494 e. The van der Waals surface area contributed by atoms with Gasteiger partial charge >= 0.3 is 0 Å². The number of fused-ring (bicyclic) bond motifs is 2. The monoisotopic (exact) mass is 1120 g/mol. The molecule has 2 aromatic heterocycles. The number of nitrogens with zero attached hydrogens (tertiary/aromatic N) is 10. The van der Waals surface area contributed by atoms with Gasteiger partial charge < -0.3 is 34.6 Å². The summed E-state index contributed by atoms with van der Waals surface area (Å²) in [6.45, 7) is 14.9.